The molecule has 0 saturated carbocycles. The molecule has 0 aliphatic carbocycles. The number of hydrogen-bond donors (Lipinski definition) is 2. The van der Waals surface area contributed by atoms with Crippen LogP contribution in [0.3, 0.4) is 0 Å². The SMILES string of the molecule is CCC(CC)(CO)CNCc1c(C)nc2sc(C)cn12. The summed E-state index contributed by atoms with van der Waals surface area (Å²) in [5.74, 6) is 0. The van der Waals surface area contributed by atoms with Crippen LogP contribution in [0.15, 0.2) is 6.20 Å². The van der Waals surface area contributed by atoms with Crippen LogP contribution in [0.1, 0.15) is 43.0 Å². The normalized spacial score (nSPS) is 12.4. The highest BCUT2D eigenvalue weighted by Gasteiger charge is 2.24. The molecular formula is C15H25N3OS. The molecule has 112 valence electrons. The largest absolute Gasteiger partial charge is 0.396 e. The maximum absolute atomic E-state index is 9.61. The summed E-state index contributed by atoms with van der Waals surface area (Å²) >= 11 is 1.72. The molecule has 0 aromatic carbocycles. The van der Waals surface area contributed by atoms with Gasteiger partial charge in [-0.1, -0.05) is 13.8 Å². The zero-order valence-corrected chi connectivity index (χ0v) is 13.7. The average molecular weight is 295 g/mol. The van der Waals surface area contributed by atoms with E-state index in [0.29, 0.717) is 0 Å². The summed E-state index contributed by atoms with van der Waals surface area (Å²) in [5.41, 5.74) is 2.32. The van der Waals surface area contributed by atoms with Gasteiger partial charge in [-0.25, -0.2) is 4.98 Å². The number of nitrogens with one attached hydrogen (secondary N) is 1. The Kier molecular flexibility index (Phi) is 4.83. The van der Waals surface area contributed by atoms with E-state index in [0.717, 1.165) is 36.6 Å². The Morgan fingerprint density at radius 1 is 1.35 bits per heavy atom. The van der Waals surface area contributed by atoms with Crippen molar-refractivity contribution in [3.05, 3.63) is 22.5 Å². The van der Waals surface area contributed by atoms with Crippen LogP contribution in [0.25, 0.3) is 4.96 Å². The fourth-order valence-electron chi connectivity index (χ4n) is 2.55. The van der Waals surface area contributed by atoms with Crippen LogP contribution in [0.5, 0.6) is 0 Å². The zero-order valence-electron chi connectivity index (χ0n) is 12.9. The number of nitrogens with zero attached hydrogens (tertiary/aromatic N) is 2. The minimum atomic E-state index is 0.00225. The number of aromatic nitrogens is 2. The van der Waals surface area contributed by atoms with E-state index >= 15 is 0 Å². The first kappa shape index (κ1) is 15.5. The van der Waals surface area contributed by atoms with Gasteiger partial charge in [0.05, 0.1) is 11.4 Å². The number of fused-ring (bicyclic) bond motifs is 1. The molecule has 2 rings (SSSR count). The predicted molar refractivity (Wildman–Crippen MR) is 84.4 cm³/mol. The predicted octanol–water partition coefficient (Wildman–Crippen LogP) is 2.90. The Morgan fingerprint density at radius 3 is 2.65 bits per heavy atom. The van der Waals surface area contributed by atoms with Gasteiger partial charge in [0.25, 0.3) is 0 Å². The third-order valence-electron chi connectivity index (χ3n) is 4.37. The molecule has 0 radical (unpaired) electrons. The van der Waals surface area contributed by atoms with Crippen LogP contribution in [0, 0.1) is 19.3 Å². The molecule has 4 nitrogen and oxygen atoms in total. The lowest BCUT2D eigenvalue weighted by Gasteiger charge is -2.29. The van der Waals surface area contributed by atoms with Gasteiger partial charge in [-0.3, -0.25) is 4.40 Å². The molecule has 0 atom stereocenters. The number of hydrogen-bond acceptors (Lipinski definition) is 4. The molecule has 0 aliphatic heterocycles. The highest BCUT2D eigenvalue weighted by atomic mass is 32.1. The lowest BCUT2D eigenvalue weighted by atomic mass is 9.83. The molecule has 0 unspecified atom stereocenters. The number of imidazole rings is 1. The van der Waals surface area contributed by atoms with Gasteiger partial charge in [0.1, 0.15) is 0 Å². The number of thiazole rings is 1. The molecule has 2 aromatic heterocycles. The lowest BCUT2D eigenvalue weighted by molar-refractivity contribution is 0.113. The van der Waals surface area contributed by atoms with Gasteiger partial charge in [0, 0.05) is 36.2 Å². The van der Waals surface area contributed by atoms with Gasteiger partial charge >= 0.3 is 0 Å². The molecule has 2 aromatic rings. The van der Waals surface area contributed by atoms with Gasteiger partial charge in [-0.2, -0.15) is 0 Å². The van der Waals surface area contributed by atoms with Crippen LogP contribution in [0.2, 0.25) is 0 Å². The molecule has 0 amide bonds. The summed E-state index contributed by atoms with van der Waals surface area (Å²) in [5, 5.41) is 13.1. The Hall–Kier alpha value is -0.910. The van der Waals surface area contributed by atoms with Crippen LogP contribution < -0.4 is 5.32 Å². The summed E-state index contributed by atoms with van der Waals surface area (Å²) in [6.07, 6.45) is 4.13. The first-order valence-electron chi connectivity index (χ1n) is 7.30. The van der Waals surface area contributed by atoms with Gasteiger partial charge in [-0.15, -0.1) is 11.3 Å². The number of aliphatic hydroxyl groups is 1. The van der Waals surface area contributed by atoms with Crippen molar-refractivity contribution in [2.75, 3.05) is 13.2 Å². The van der Waals surface area contributed by atoms with E-state index in [-0.39, 0.29) is 12.0 Å². The average Bonchev–Trinajstić information content (AvgIpc) is 2.92. The maximum Gasteiger partial charge on any atom is 0.194 e. The van der Waals surface area contributed by atoms with Gasteiger partial charge < -0.3 is 10.4 Å². The van der Waals surface area contributed by atoms with E-state index in [1.54, 1.807) is 11.3 Å². The van der Waals surface area contributed by atoms with E-state index in [1.165, 1.54) is 10.6 Å². The maximum atomic E-state index is 9.61. The van der Waals surface area contributed by atoms with E-state index in [2.05, 4.69) is 48.6 Å². The number of aryl methyl sites for hydroxylation is 2. The Bertz CT molecular complexity index is 561. The molecule has 2 heterocycles. The first-order valence-corrected chi connectivity index (χ1v) is 8.12. The standard InChI is InChI=1S/C15H25N3OS/c1-5-15(6-2,10-19)9-16-7-13-12(4)17-14-18(13)8-11(3)20-14/h8,16,19H,5-7,9-10H2,1-4H3. The number of aliphatic hydroxyl groups excluding tert-OH is 1. The minimum absolute atomic E-state index is 0.00225. The van der Waals surface area contributed by atoms with Crippen LogP contribution in [0.4, 0.5) is 0 Å². The van der Waals surface area contributed by atoms with E-state index < -0.39 is 0 Å². The van der Waals surface area contributed by atoms with Crippen molar-refractivity contribution in [3.63, 3.8) is 0 Å². The molecule has 0 fully saturated rings. The van der Waals surface area contributed by atoms with Gasteiger partial charge in [0.2, 0.25) is 0 Å². The van der Waals surface area contributed by atoms with Crippen LogP contribution in [-0.2, 0) is 6.54 Å². The van der Waals surface area contributed by atoms with Crippen molar-refractivity contribution in [1.82, 2.24) is 14.7 Å². The van der Waals surface area contributed by atoms with Crippen molar-refractivity contribution in [2.45, 2.75) is 47.1 Å². The summed E-state index contributed by atoms with van der Waals surface area (Å²) in [6.45, 7) is 10.3. The second kappa shape index (κ2) is 6.24. The van der Waals surface area contributed by atoms with E-state index in [1.807, 2.05) is 0 Å². The second-order valence-corrected chi connectivity index (χ2v) is 6.82. The first-order chi connectivity index (χ1) is 9.55. The third kappa shape index (κ3) is 2.90. The van der Waals surface area contributed by atoms with Crippen molar-refractivity contribution in [1.29, 1.82) is 0 Å². The van der Waals surface area contributed by atoms with Gasteiger partial charge in [0.15, 0.2) is 4.96 Å². The second-order valence-electron chi connectivity index (χ2n) is 5.61. The third-order valence-corrected chi connectivity index (χ3v) is 5.27. The quantitative estimate of drug-likeness (QED) is 0.826. The summed E-state index contributed by atoms with van der Waals surface area (Å²) in [6, 6.07) is 0. The highest BCUT2D eigenvalue weighted by molar-refractivity contribution is 7.17. The highest BCUT2D eigenvalue weighted by Crippen LogP contribution is 2.25. The van der Waals surface area contributed by atoms with E-state index in [9.17, 15) is 5.11 Å². The van der Waals surface area contributed by atoms with E-state index in [4.69, 9.17) is 0 Å². The van der Waals surface area contributed by atoms with Crippen LogP contribution >= 0.6 is 11.3 Å². The number of rotatable bonds is 7. The topological polar surface area (TPSA) is 49.6 Å². The fraction of sp³-hybridized carbons (Fsp3) is 0.667. The molecule has 2 N–H and O–H groups in total. The van der Waals surface area contributed by atoms with Crippen LogP contribution in [-0.4, -0.2) is 27.6 Å². The smallest absolute Gasteiger partial charge is 0.194 e. The van der Waals surface area contributed by atoms with Crippen molar-refractivity contribution >= 4 is 16.3 Å². The lowest BCUT2D eigenvalue weighted by Crippen LogP contribution is -2.36. The molecule has 5 heteroatoms. The fourth-order valence-corrected chi connectivity index (χ4v) is 3.44. The summed E-state index contributed by atoms with van der Waals surface area (Å²) in [7, 11) is 0. The molecule has 20 heavy (non-hydrogen) atoms. The molecular weight excluding hydrogens is 270 g/mol. The van der Waals surface area contributed by atoms with Gasteiger partial charge in [-0.05, 0) is 26.7 Å². The molecule has 0 saturated heterocycles. The molecule has 0 spiro atoms. The Labute approximate surface area is 124 Å². The molecule has 0 aliphatic rings. The minimum Gasteiger partial charge on any atom is -0.396 e. The Morgan fingerprint density at radius 2 is 2.05 bits per heavy atom. The monoisotopic (exact) mass is 295 g/mol. The molecule has 0 bridgehead atoms. The zero-order chi connectivity index (χ0) is 14.8. The Balaban J connectivity index is 2.07. The summed E-state index contributed by atoms with van der Waals surface area (Å²) in [4.78, 5) is 6.95. The summed E-state index contributed by atoms with van der Waals surface area (Å²) < 4.78 is 2.18. The van der Waals surface area contributed by atoms with Crippen molar-refractivity contribution in [2.24, 2.45) is 5.41 Å². The van der Waals surface area contributed by atoms with Crippen molar-refractivity contribution < 1.29 is 5.11 Å². The van der Waals surface area contributed by atoms with Crippen molar-refractivity contribution in [3.8, 4) is 0 Å².